The minimum atomic E-state index is -4.53. The van der Waals surface area contributed by atoms with Gasteiger partial charge in [-0.1, -0.05) is 31.2 Å². The maximum Gasteiger partial charge on any atom is 0.433 e. The van der Waals surface area contributed by atoms with Crippen LogP contribution in [0.3, 0.4) is 0 Å². The van der Waals surface area contributed by atoms with E-state index >= 15 is 0 Å². The number of benzene rings is 1. The number of pyridine rings is 1. The lowest BCUT2D eigenvalue weighted by molar-refractivity contribution is -0.144. The largest absolute Gasteiger partial charge is 0.433 e. The van der Waals surface area contributed by atoms with Crippen molar-refractivity contribution < 1.29 is 98.6 Å². The van der Waals surface area contributed by atoms with Gasteiger partial charge in [0.2, 0.25) is 0 Å². The van der Waals surface area contributed by atoms with Gasteiger partial charge in [0.25, 0.3) is 29.5 Å². The molecule has 14 rings (SSSR count). The van der Waals surface area contributed by atoms with E-state index in [9.17, 15) is 98.6 Å². The second-order valence-electron chi connectivity index (χ2n) is 25.7. The van der Waals surface area contributed by atoms with Gasteiger partial charge in [-0.15, -0.1) is 68.0 Å². The fourth-order valence-corrected chi connectivity index (χ4v) is 16.7. The molecule has 1 aromatic carbocycles. The Kier molecular flexibility index (Phi) is 30.7. The highest BCUT2D eigenvalue weighted by Gasteiger charge is 2.40. The number of carbonyl (C=O) groups is 5. The van der Waals surface area contributed by atoms with Crippen molar-refractivity contribution in [3.05, 3.63) is 244 Å². The molecule has 1 aliphatic heterocycles. The Morgan fingerprint density at radius 2 is 0.754 bits per heavy atom. The SMILES string of the molecule is CCSCCNC(=O)c1ccc(-c2cc(C(F)(F)F)n(C)n2)s1.Cn1nc(-c2ccc(C(=O)N3CC=CC3)s2)cc1C(F)(F)F.Cn1nc(-c2ccc(C(=O)NCCc3cccnc3)s2)cc1C(F)(F)F.Cn1nc(-c2ccc(C(=O)NCc3cc(F)cc(F)c3)s2)cc1C(F)(F)F.Cn1nc(-c2ccc(C(=O)NCc3cccs3)s2)cc1C(F)(F)F. The van der Waals surface area contributed by atoms with Crippen LogP contribution in [-0.2, 0) is 85.6 Å². The topological polar surface area (TPSA) is 239 Å². The molecule has 0 saturated carbocycles. The fraction of sp³-hybridized carbons (Fsp3) is 0.260. The fourth-order valence-electron chi connectivity index (χ4n) is 11.1. The molecule has 45 heteroatoms. The number of hydrogen-bond acceptors (Lipinski definition) is 18. The Balaban J connectivity index is 0.000000160. The molecule has 0 aliphatic carbocycles. The van der Waals surface area contributed by atoms with E-state index in [0.717, 1.165) is 151 Å². The van der Waals surface area contributed by atoms with Gasteiger partial charge in [-0.2, -0.15) is 103 Å². The Bertz CT molecular complexity index is 5750. The summed E-state index contributed by atoms with van der Waals surface area (Å²) in [5.41, 5.74) is -2.00. The smallest absolute Gasteiger partial charge is 0.351 e. The summed E-state index contributed by atoms with van der Waals surface area (Å²) in [5.74, 6) is -1.07. The molecule has 0 radical (unpaired) electrons. The highest BCUT2D eigenvalue weighted by molar-refractivity contribution is 7.99. The number of rotatable bonds is 21. The summed E-state index contributed by atoms with van der Waals surface area (Å²) >= 11 is 8.72. The molecule has 13 aromatic rings. The van der Waals surface area contributed by atoms with Gasteiger partial charge in [0, 0.05) is 97.1 Å². The molecule has 122 heavy (non-hydrogen) atoms. The van der Waals surface area contributed by atoms with E-state index in [4.69, 9.17) is 0 Å². The monoisotopic (exact) mass is 1840 g/mol. The van der Waals surface area contributed by atoms with Crippen LogP contribution in [0.1, 0.15) is 99.8 Å². The zero-order chi connectivity index (χ0) is 88.8. The van der Waals surface area contributed by atoms with Crippen molar-refractivity contribution in [3.63, 3.8) is 0 Å². The summed E-state index contributed by atoms with van der Waals surface area (Å²) in [6.45, 7) is 4.50. The zero-order valence-corrected chi connectivity index (χ0v) is 69.9. The molecule has 5 amide bonds. The Morgan fingerprint density at radius 3 is 1.08 bits per heavy atom. The van der Waals surface area contributed by atoms with E-state index in [-0.39, 0.29) is 69.1 Å². The van der Waals surface area contributed by atoms with E-state index in [1.807, 2.05) is 48.7 Å². The highest BCUT2D eigenvalue weighted by Crippen LogP contribution is 2.40. The predicted octanol–water partition coefficient (Wildman–Crippen LogP) is 18.9. The van der Waals surface area contributed by atoms with Crippen LogP contribution in [0, 0.1) is 11.6 Å². The molecule has 646 valence electrons. The van der Waals surface area contributed by atoms with Crippen LogP contribution in [0.25, 0.3) is 52.9 Å². The first kappa shape index (κ1) is 93.1. The molecule has 0 atom stereocenters. The average molecular weight is 1840 g/mol. The minimum Gasteiger partial charge on any atom is -0.351 e. The molecule has 0 saturated heterocycles. The summed E-state index contributed by atoms with van der Waals surface area (Å²) in [5, 5.41) is 32.2. The van der Waals surface area contributed by atoms with Gasteiger partial charge in [0.05, 0.1) is 55.3 Å². The van der Waals surface area contributed by atoms with Gasteiger partial charge < -0.3 is 26.2 Å². The molecule has 21 nitrogen and oxygen atoms in total. The van der Waals surface area contributed by atoms with Crippen molar-refractivity contribution in [1.82, 2.24) is 80.1 Å². The van der Waals surface area contributed by atoms with Crippen LogP contribution in [0.15, 0.2) is 163 Å². The molecule has 13 heterocycles. The zero-order valence-electron chi connectivity index (χ0n) is 64.1. The summed E-state index contributed by atoms with van der Waals surface area (Å²) in [7, 11) is 6.17. The first-order chi connectivity index (χ1) is 57.5. The molecular formula is C77H67F17N16O5S7. The molecule has 0 unspecified atom stereocenters. The van der Waals surface area contributed by atoms with E-state index in [0.29, 0.717) is 83.0 Å². The molecular weight excluding hydrogens is 1780 g/mol. The van der Waals surface area contributed by atoms with E-state index in [1.165, 1.54) is 58.7 Å². The van der Waals surface area contributed by atoms with Crippen molar-refractivity contribution in [3.8, 4) is 52.9 Å². The second kappa shape index (κ2) is 40.3. The van der Waals surface area contributed by atoms with Crippen LogP contribution in [0.4, 0.5) is 74.6 Å². The molecule has 0 bridgehead atoms. The Hall–Kier alpha value is -11.1. The van der Waals surface area contributed by atoms with Crippen molar-refractivity contribution in [2.24, 2.45) is 35.2 Å². The first-order valence-electron chi connectivity index (χ1n) is 35.6. The van der Waals surface area contributed by atoms with Crippen molar-refractivity contribution >= 4 is 109 Å². The summed E-state index contributed by atoms with van der Waals surface area (Å²) in [4.78, 5) is 71.9. The van der Waals surface area contributed by atoms with Crippen LogP contribution in [0.2, 0.25) is 0 Å². The van der Waals surface area contributed by atoms with Crippen LogP contribution >= 0.6 is 79.8 Å². The number of thiophene rings is 6. The van der Waals surface area contributed by atoms with Crippen LogP contribution < -0.4 is 21.3 Å². The number of nitrogens with zero attached hydrogens (tertiary/aromatic N) is 12. The number of halogens is 17. The van der Waals surface area contributed by atoms with Gasteiger partial charge in [0.1, 0.15) is 68.6 Å². The van der Waals surface area contributed by atoms with Gasteiger partial charge in [0.15, 0.2) is 0 Å². The number of alkyl halides is 15. The maximum atomic E-state index is 13.1. The van der Waals surface area contributed by atoms with Gasteiger partial charge >= 0.3 is 30.9 Å². The van der Waals surface area contributed by atoms with Crippen molar-refractivity contribution in [2.45, 2.75) is 57.3 Å². The minimum absolute atomic E-state index is 0.0947. The third kappa shape index (κ3) is 25.3. The average Bonchev–Trinajstić information content (AvgIpc) is 1.66. The molecule has 1 aliphatic rings. The van der Waals surface area contributed by atoms with E-state index in [1.54, 1.807) is 77.6 Å². The number of hydrogen-bond donors (Lipinski definition) is 4. The van der Waals surface area contributed by atoms with Crippen molar-refractivity contribution in [2.75, 3.05) is 37.7 Å². The number of aryl methyl sites for hydroxylation is 5. The summed E-state index contributed by atoms with van der Waals surface area (Å²) in [6, 6.07) is 31.1. The number of thioether (sulfide) groups is 1. The second-order valence-corrected chi connectivity index (χ2v) is 33.6. The van der Waals surface area contributed by atoms with Gasteiger partial charge in [-0.05, 0) is 144 Å². The number of amides is 5. The van der Waals surface area contributed by atoms with Crippen LogP contribution in [0.5, 0.6) is 0 Å². The predicted molar refractivity (Wildman–Crippen MR) is 431 cm³/mol. The maximum absolute atomic E-state index is 13.1. The van der Waals surface area contributed by atoms with Crippen molar-refractivity contribution in [1.29, 1.82) is 0 Å². The molecule has 4 N–H and O–H groups in total. The molecule has 12 aromatic heterocycles. The first-order valence-corrected chi connectivity index (χ1v) is 41.7. The Labute approximate surface area is 710 Å². The number of aromatic nitrogens is 11. The normalized spacial score (nSPS) is 12.2. The van der Waals surface area contributed by atoms with Crippen LogP contribution in [-0.4, -0.2) is 126 Å². The standard InChI is InChI=1S/C17H12F5N3OS.C17H15F3N4OS.C15H12F3N3OS2.C14H16F3N3OS2.C14H12F3N3OS/c1-25-15(17(20,21)22)7-12(24-25)13-2-3-14(27-13)16(26)23-8-9-4-10(18)6-11(19)5-9;1-24-15(17(18,19)20)9-12(23-24)13-4-5-14(26-13)16(25)22-8-6-11-3-2-7-21-10-11;1-21-13(15(16,17)18)7-10(20-21)11-4-5-12(24-11)14(22)19-8-9-3-2-6-23-9;1-3-22-7-6-18-13(21)11-5-4-10(23-11)9-8-12(14(15,16)17)20(2)19-9;1-19-12(14(15,16)17)8-9(18-19)10-4-5-11(22-10)13(21)20-6-2-3-7-20/h2-7H,8H2,1H3,(H,23,26);2-5,7,9-10H,6,8H2,1H3,(H,22,25);2-7H,8H2,1H3,(H,19,22);4-5,8H,3,6-7H2,1-2H3,(H,18,21);2-5,8H,6-7H2,1H3. The van der Waals surface area contributed by atoms with E-state index in [2.05, 4.69) is 51.7 Å². The lowest BCUT2D eigenvalue weighted by Gasteiger charge is -2.13. The quantitative estimate of drug-likeness (QED) is 0.0298. The summed E-state index contributed by atoms with van der Waals surface area (Å²) < 4.78 is 223. The third-order valence-electron chi connectivity index (χ3n) is 16.9. The lowest BCUT2D eigenvalue weighted by Crippen LogP contribution is -2.27. The Morgan fingerprint density at radius 1 is 0.410 bits per heavy atom. The third-order valence-corrected chi connectivity index (χ3v) is 24.2. The highest BCUT2D eigenvalue weighted by atomic mass is 32.2. The number of carbonyl (C=O) groups excluding carboxylic acids is 5. The molecule has 0 spiro atoms. The van der Waals surface area contributed by atoms with Gasteiger partial charge in [-0.3, -0.25) is 52.4 Å². The number of nitrogens with one attached hydrogen (secondary N) is 4. The van der Waals surface area contributed by atoms with E-state index < -0.39 is 76.9 Å². The molecule has 0 fully saturated rings. The lowest BCUT2D eigenvalue weighted by atomic mass is 10.2. The van der Waals surface area contributed by atoms with Gasteiger partial charge in [-0.25, -0.2) is 8.78 Å². The summed E-state index contributed by atoms with van der Waals surface area (Å²) in [6.07, 6.45) is -14.5.